The molecular formula is C21H27FN6O3. The fourth-order valence-corrected chi connectivity index (χ4v) is 2.83. The molecule has 0 radical (unpaired) electrons. The van der Waals surface area contributed by atoms with Crippen LogP contribution in [-0.4, -0.2) is 44.3 Å². The molecule has 3 aromatic rings. The molecule has 0 aliphatic carbocycles. The number of carbonyl (C=O) groups excluding carboxylic acids is 1. The Morgan fingerprint density at radius 2 is 2.03 bits per heavy atom. The van der Waals surface area contributed by atoms with Gasteiger partial charge in [-0.25, -0.2) is 24.1 Å². The van der Waals surface area contributed by atoms with Gasteiger partial charge in [0.2, 0.25) is 5.88 Å². The summed E-state index contributed by atoms with van der Waals surface area (Å²) in [5.41, 5.74) is 1.33. The Bertz CT molecular complexity index is 1050. The van der Waals surface area contributed by atoms with Crippen molar-refractivity contribution < 1.29 is 18.7 Å². The maximum Gasteiger partial charge on any atom is 0.407 e. The number of aromatic nitrogens is 4. The van der Waals surface area contributed by atoms with Crippen LogP contribution in [0.25, 0.3) is 11.2 Å². The molecule has 0 bridgehead atoms. The topological polar surface area (TPSA) is 114 Å². The molecule has 0 spiro atoms. The van der Waals surface area contributed by atoms with E-state index in [4.69, 9.17) is 9.47 Å². The second-order valence-electron chi connectivity index (χ2n) is 8.24. The molecule has 0 saturated heterocycles. The van der Waals surface area contributed by atoms with Crippen molar-refractivity contribution in [2.45, 2.75) is 52.3 Å². The molecule has 166 valence electrons. The van der Waals surface area contributed by atoms with Gasteiger partial charge in [-0.15, -0.1) is 0 Å². The molecule has 0 aromatic carbocycles. The number of H-pyrrole nitrogens is 1. The van der Waals surface area contributed by atoms with Crippen LogP contribution in [0.2, 0.25) is 0 Å². The summed E-state index contributed by atoms with van der Waals surface area (Å²) in [6, 6.07) is 4.32. The molecule has 1 amide bonds. The van der Waals surface area contributed by atoms with Gasteiger partial charge in [0.05, 0.1) is 30.1 Å². The number of fused-ring (bicyclic) bond motifs is 1. The molecule has 10 heteroatoms. The smallest absolute Gasteiger partial charge is 0.407 e. The molecule has 3 N–H and O–H groups in total. The molecule has 3 rings (SSSR count). The second-order valence-corrected chi connectivity index (χ2v) is 8.24. The number of imidazole rings is 1. The predicted octanol–water partition coefficient (Wildman–Crippen LogP) is 3.96. The van der Waals surface area contributed by atoms with Gasteiger partial charge in [0, 0.05) is 5.56 Å². The molecule has 3 aromatic heterocycles. The van der Waals surface area contributed by atoms with E-state index in [1.54, 1.807) is 40.1 Å². The van der Waals surface area contributed by atoms with Crippen molar-refractivity contribution >= 4 is 23.1 Å². The number of hydrogen-bond donors (Lipinski definition) is 3. The molecular weight excluding hydrogens is 403 g/mol. The van der Waals surface area contributed by atoms with E-state index in [1.165, 1.54) is 6.07 Å². The van der Waals surface area contributed by atoms with E-state index in [-0.39, 0.29) is 24.6 Å². The summed E-state index contributed by atoms with van der Waals surface area (Å²) in [5, 5.41) is 5.91. The Balaban J connectivity index is 1.66. The van der Waals surface area contributed by atoms with Crippen molar-refractivity contribution in [3.63, 3.8) is 0 Å². The van der Waals surface area contributed by atoms with E-state index in [2.05, 4.69) is 30.6 Å². The maximum atomic E-state index is 13.9. The average molecular weight is 430 g/mol. The lowest BCUT2D eigenvalue weighted by Crippen LogP contribution is -2.40. The van der Waals surface area contributed by atoms with Crippen LogP contribution in [0, 0.1) is 5.82 Å². The van der Waals surface area contributed by atoms with Crippen molar-refractivity contribution in [3.05, 3.63) is 42.1 Å². The van der Waals surface area contributed by atoms with Crippen LogP contribution in [0.1, 0.15) is 46.2 Å². The van der Waals surface area contributed by atoms with Gasteiger partial charge in [0.1, 0.15) is 23.8 Å². The largest absolute Gasteiger partial charge is 0.475 e. The Hall–Kier alpha value is -3.43. The standard InChI is InChI=1S/C21H27FN6O3/c1-12(26-20(29)31-21(3,4)5)10-30-19-15(8-14(22)9-23-19)13(2)27-17-7-6-16-18(28-17)25-11-24-16/h6-9,11-13H,10H2,1-5H3,(H,26,29)(H2,24,25,27,28)/t12-,13?/m0/s1. The SMILES string of the molecule is CC(Nc1ccc2[nH]cnc2n1)c1cc(F)cnc1OC[C@H](C)NC(=O)OC(C)(C)C. The molecule has 1 unspecified atom stereocenters. The van der Waals surface area contributed by atoms with Crippen molar-refractivity contribution in [1.29, 1.82) is 0 Å². The fourth-order valence-electron chi connectivity index (χ4n) is 2.83. The molecule has 2 atom stereocenters. The fraction of sp³-hybridized carbons (Fsp3) is 0.429. The number of nitrogens with zero attached hydrogens (tertiary/aromatic N) is 3. The molecule has 0 saturated carbocycles. The van der Waals surface area contributed by atoms with Crippen LogP contribution in [0.3, 0.4) is 0 Å². The van der Waals surface area contributed by atoms with E-state index in [0.717, 1.165) is 11.7 Å². The molecule has 3 heterocycles. The number of amides is 1. The van der Waals surface area contributed by atoms with E-state index < -0.39 is 17.5 Å². The van der Waals surface area contributed by atoms with Crippen molar-refractivity contribution in [1.82, 2.24) is 25.3 Å². The van der Waals surface area contributed by atoms with Crippen LogP contribution in [0.15, 0.2) is 30.7 Å². The highest BCUT2D eigenvalue weighted by molar-refractivity contribution is 5.72. The van der Waals surface area contributed by atoms with Crippen LogP contribution < -0.4 is 15.4 Å². The minimum atomic E-state index is -0.593. The number of carbonyl (C=O) groups is 1. The van der Waals surface area contributed by atoms with Gasteiger partial charge in [-0.1, -0.05) is 0 Å². The highest BCUT2D eigenvalue weighted by Gasteiger charge is 2.20. The normalized spacial score (nSPS) is 13.5. The third-order valence-electron chi connectivity index (χ3n) is 4.19. The minimum Gasteiger partial charge on any atom is -0.475 e. The lowest BCUT2D eigenvalue weighted by molar-refractivity contribution is 0.0493. The number of halogens is 1. The number of hydrogen-bond acceptors (Lipinski definition) is 7. The third-order valence-corrected chi connectivity index (χ3v) is 4.19. The number of alkyl carbamates (subject to hydrolysis) is 1. The predicted molar refractivity (Wildman–Crippen MR) is 114 cm³/mol. The number of ether oxygens (including phenoxy) is 2. The van der Waals surface area contributed by atoms with Gasteiger partial charge in [-0.3, -0.25) is 0 Å². The second kappa shape index (κ2) is 9.15. The number of nitrogens with one attached hydrogen (secondary N) is 3. The maximum absolute atomic E-state index is 13.9. The molecule has 0 aliphatic heterocycles. The van der Waals surface area contributed by atoms with Gasteiger partial charge in [0.15, 0.2) is 5.65 Å². The van der Waals surface area contributed by atoms with E-state index in [0.29, 0.717) is 17.0 Å². The highest BCUT2D eigenvalue weighted by Crippen LogP contribution is 2.27. The molecule has 31 heavy (non-hydrogen) atoms. The van der Waals surface area contributed by atoms with Crippen LogP contribution in [0.4, 0.5) is 15.0 Å². The van der Waals surface area contributed by atoms with Crippen molar-refractivity contribution in [2.75, 3.05) is 11.9 Å². The summed E-state index contributed by atoms with van der Waals surface area (Å²) in [7, 11) is 0. The van der Waals surface area contributed by atoms with Gasteiger partial charge < -0.3 is 25.1 Å². The van der Waals surface area contributed by atoms with Gasteiger partial charge in [-0.05, 0) is 52.8 Å². The Labute approximate surface area is 179 Å². The zero-order chi connectivity index (χ0) is 22.6. The van der Waals surface area contributed by atoms with E-state index >= 15 is 0 Å². The van der Waals surface area contributed by atoms with Gasteiger partial charge in [0.25, 0.3) is 0 Å². The number of pyridine rings is 2. The Morgan fingerprint density at radius 3 is 2.77 bits per heavy atom. The number of anilines is 1. The first-order valence-electron chi connectivity index (χ1n) is 9.95. The van der Waals surface area contributed by atoms with Crippen molar-refractivity contribution in [3.8, 4) is 5.88 Å². The monoisotopic (exact) mass is 430 g/mol. The van der Waals surface area contributed by atoms with Gasteiger partial charge >= 0.3 is 6.09 Å². The summed E-state index contributed by atoms with van der Waals surface area (Å²) in [6.07, 6.45) is 2.12. The van der Waals surface area contributed by atoms with Crippen molar-refractivity contribution in [2.24, 2.45) is 0 Å². The average Bonchev–Trinajstić information content (AvgIpc) is 3.13. The first-order valence-corrected chi connectivity index (χ1v) is 9.95. The lowest BCUT2D eigenvalue weighted by Gasteiger charge is -2.22. The summed E-state index contributed by atoms with van der Waals surface area (Å²) < 4.78 is 24.9. The minimum absolute atomic E-state index is 0.134. The molecule has 9 nitrogen and oxygen atoms in total. The van der Waals surface area contributed by atoms with Crippen LogP contribution in [0.5, 0.6) is 5.88 Å². The third kappa shape index (κ3) is 6.27. The number of rotatable bonds is 7. The zero-order valence-electron chi connectivity index (χ0n) is 18.2. The summed E-state index contributed by atoms with van der Waals surface area (Å²) in [6.45, 7) is 9.12. The lowest BCUT2D eigenvalue weighted by atomic mass is 10.1. The first-order chi connectivity index (χ1) is 14.6. The zero-order valence-corrected chi connectivity index (χ0v) is 18.2. The van der Waals surface area contributed by atoms with E-state index in [1.807, 2.05) is 13.0 Å². The first kappa shape index (κ1) is 22.3. The highest BCUT2D eigenvalue weighted by atomic mass is 19.1. The summed E-state index contributed by atoms with van der Waals surface area (Å²) in [4.78, 5) is 27.5. The summed E-state index contributed by atoms with van der Waals surface area (Å²) in [5.74, 6) is 0.369. The summed E-state index contributed by atoms with van der Waals surface area (Å²) >= 11 is 0. The Morgan fingerprint density at radius 1 is 1.26 bits per heavy atom. The van der Waals surface area contributed by atoms with Crippen LogP contribution in [-0.2, 0) is 4.74 Å². The van der Waals surface area contributed by atoms with E-state index in [9.17, 15) is 9.18 Å². The molecule has 0 aliphatic rings. The van der Waals surface area contributed by atoms with Gasteiger partial charge in [-0.2, -0.15) is 0 Å². The Kier molecular flexibility index (Phi) is 6.57. The number of aromatic amines is 1. The quantitative estimate of drug-likeness (QED) is 0.520. The molecule has 0 fully saturated rings. The van der Waals surface area contributed by atoms with Crippen LogP contribution >= 0.6 is 0 Å².